The molecular weight excluding hydrogens is 220 g/mol. The van der Waals surface area contributed by atoms with Gasteiger partial charge in [-0.2, -0.15) is 0 Å². The Morgan fingerprint density at radius 2 is 1.94 bits per heavy atom. The molecule has 0 saturated heterocycles. The highest BCUT2D eigenvalue weighted by Crippen LogP contribution is 2.36. The minimum Gasteiger partial charge on any atom is -0.364 e. The number of benzene rings is 1. The second kappa shape index (κ2) is 3.70. The van der Waals surface area contributed by atoms with Crippen LogP contribution in [0, 0.1) is 0 Å². The molecule has 0 amide bonds. The minimum absolute atomic E-state index is 0.404. The van der Waals surface area contributed by atoms with Crippen molar-refractivity contribution < 1.29 is 0 Å². The number of rotatable bonds is 0. The molecular formula is C16H14N2. The third-order valence-electron chi connectivity index (χ3n) is 3.92. The van der Waals surface area contributed by atoms with Gasteiger partial charge in [0.05, 0.1) is 11.7 Å². The Hall–Kier alpha value is -2.09. The summed E-state index contributed by atoms with van der Waals surface area (Å²) in [4.78, 5) is 6.98. The largest absolute Gasteiger partial charge is 0.364 e. The smallest absolute Gasteiger partial charge is 0.0758 e. The predicted molar refractivity (Wildman–Crippen MR) is 71.7 cm³/mol. The molecule has 0 fully saturated rings. The molecule has 4 rings (SSSR count). The summed E-state index contributed by atoms with van der Waals surface area (Å²) in [5, 5.41) is 0. The molecule has 0 aliphatic carbocycles. The molecule has 2 heteroatoms. The fourth-order valence-electron chi connectivity index (χ4n) is 2.98. The van der Waals surface area contributed by atoms with Gasteiger partial charge in [0, 0.05) is 18.9 Å². The summed E-state index contributed by atoms with van der Waals surface area (Å²) in [6.45, 7) is 0.993. The van der Waals surface area contributed by atoms with Gasteiger partial charge in [0.1, 0.15) is 0 Å². The second-order valence-corrected chi connectivity index (χ2v) is 4.95. The van der Waals surface area contributed by atoms with E-state index in [2.05, 4.69) is 52.5 Å². The van der Waals surface area contributed by atoms with E-state index in [9.17, 15) is 0 Å². The van der Waals surface area contributed by atoms with E-state index in [1.165, 1.54) is 22.4 Å². The van der Waals surface area contributed by atoms with Gasteiger partial charge in [-0.1, -0.05) is 30.3 Å². The molecule has 0 saturated carbocycles. The van der Waals surface area contributed by atoms with Crippen LogP contribution in [0.3, 0.4) is 0 Å². The fraction of sp³-hybridized carbons (Fsp3) is 0.188. The highest BCUT2D eigenvalue weighted by Gasteiger charge is 2.29. The Morgan fingerprint density at radius 1 is 1.06 bits per heavy atom. The van der Waals surface area contributed by atoms with E-state index < -0.39 is 0 Å². The van der Waals surface area contributed by atoms with E-state index in [0.29, 0.717) is 6.04 Å². The Kier molecular flexibility index (Phi) is 2.04. The van der Waals surface area contributed by atoms with E-state index in [4.69, 9.17) is 0 Å². The van der Waals surface area contributed by atoms with Crippen LogP contribution in [-0.2, 0) is 13.0 Å². The van der Waals surface area contributed by atoms with Crippen LogP contribution in [0.1, 0.15) is 28.4 Å². The van der Waals surface area contributed by atoms with Gasteiger partial charge in [-0.3, -0.25) is 4.98 Å². The monoisotopic (exact) mass is 234 g/mol. The quantitative estimate of drug-likeness (QED) is 0.696. The molecule has 0 spiro atoms. The van der Waals surface area contributed by atoms with Gasteiger partial charge < -0.3 is 4.90 Å². The van der Waals surface area contributed by atoms with Crippen molar-refractivity contribution in [3.8, 4) is 0 Å². The van der Waals surface area contributed by atoms with Crippen LogP contribution in [0.5, 0.6) is 0 Å². The van der Waals surface area contributed by atoms with Crippen LogP contribution in [0.2, 0.25) is 0 Å². The molecule has 1 atom stereocenters. The molecule has 2 aliphatic heterocycles. The van der Waals surface area contributed by atoms with Gasteiger partial charge in [0.2, 0.25) is 0 Å². The summed E-state index contributed by atoms with van der Waals surface area (Å²) < 4.78 is 0. The lowest BCUT2D eigenvalue weighted by Crippen LogP contribution is -2.32. The lowest BCUT2D eigenvalue weighted by molar-refractivity contribution is 0.244. The molecule has 88 valence electrons. The highest BCUT2D eigenvalue weighted by molar-refractivity contribution is 5.55. The molecule has 2 nitrogen and oxygen atoms in total. The lowest BCUT2D eigenvalue weighted by Gasteiger charge is -2.38. The zero-order chi connectivity index (χ0) is 11.9. The first-order chi connectivity index (χ1) is 8.92. The van der Waals surface area contributed by atoms with Crippen molar-refractivity contribution in [1.82, 2.24) is 9.88 Å². The van der Waals surface area contributed by atoms with Crippen molar-refractivity contribution in [3.63, 3.8) is 0 Å². The normalized spacial score (nSPS) is 20.0. The molecule has 1 aromatic carbocycles. The first-order valence-corrected chi connectivity index (χ1v) is 6.37. The van der Waals surface area contributed by atoms with Crippen LogP contribution < -0.4 is 0 Å². The predicted octanol–water partition coefficient (Wildman–Crippen LogP) is 3.17. The molecule has 0 N–H and O–H groups in total. The fourth-order valence-corrected chi connectivity index (χ4v) is 2.98. The van der Waals surface area contributed by atoms with Crippen LogP contribution in [-0.4, -0.2) is 9.88 Å². The summed E-state index contributed by atoms with van der Waals surface area (Å²) in [6.07, 6.45) is 7.35. The summed E-state index contributed by atoms with van der Waals surface area (Å²) >= 11 is 0. The number of hydrogen-bond acceptors (Lipinski definition) is 2. The van der Waals surface area contributed by atoms with Crippen molar-refractivity contribution >= 4 is 6.08 Å². The first-order valence-electron chi connectivity index (χ1n) is 6.37. The van der Waals surface area contributed by atoms with Crippen LogP contribution in [0.15, 0.2) is 48.8 Å². The summed E-state index contributed by atoms with van der Waals surface area (Å²) in [6, 6.07) is 13.3. The maximum Gasteiger partial charge on any atom is 0.0758 e. The minimum atomic E-state index is 0.404. The van der Waals surface area contributed by atoms with Crippen LogP contribution in [0.4, 0.5) is 0 Å². The first kappa shape index (κ1) is 9.89. The Morgan fingerprint density at radius 3 is 2.89 bits per heavy atom. The summed E-state index contributed by atoms with van der Waals surface area (Å²) in [7, 11) is 0. The number of fused-ring (bicyclic) bond motifs is 4. The third-order valence-corrected chi connectivity index (χ3v) is 3.92. The summed E-state index contributed by atoms with van der Waals surface area (Å²) in [5.41, 5.74) is 5.39. The molecule has 0 bridgehead atoms. The average Bonchev–Trinajstić information content (AvgIpc) is 2.45. The van der Waals surface area contributed by atoms with E-state index >= 15 is 0 Å². The SMILES string of the molecule is C1=CN2Cc3ccccc3CC2c2ncccc21. The van der Waals surface area contributed by atoms with E-state index in [0.717, 1.165) is 13.0 Å². The maximum absolute atomic E-state index is 4.58. The maximum atomic E-state index is 4.58. The van der Waals surface area contributed by atoms with Gasteiger partial charge in [0.25, 0.3) is 0 Å². The number of pyridine rings is 1. The Balaban J connectivity index is 1.82. The van der Waals surface area contributed by atoms with Crippen molar-refractivity contribution in [1.29, 1.82) is 0 Å². The number of hydrogen-bond donors (Lipinski definition) is 0. The van der Waals surface area contributed by atoms with Crippen LogP contribution in [0.25, 0.3) is 6.08 Å². The average molecular weight is 234 g/mol. The molecule has 1 aromatic heterocycles. The van der Waals surface area contributed by atoms with Crippen molar-refractivity contribution in [3.05, 3.63) is 71.2 Å². The van der Waals surface area contributed by atoms with Crippen LogP contribution >= 0.6 is 0 Å². The molecule has 3 heterocycles. The second-order valence-electron chi connectivity index (χ2n) is 4.95. The third kappa shape index (κ3) is 1.39. The number of aromatic nitrogens is 1. The molecule has 18 heavy (non-hydrogen) atoms. The van der Waals surface area contributed by atoms with E-state index in [1.807, 2.05) is 12.3 Å². The Bertz CT molecular complexity index is 630. The highest BCUT2D eigenvalue weighted by atomic mass is 15.2. The van der Waals surface area contributed by atoms with Gasteiger partial charge in [-0.05, 0) is 35.3 Å². The molecule has 1 unspecified atom stereocenters. The number of nitrogens with zero attached hydrogens (tertiary/aromatic N) is 2. The van der Waals surface area contributed by atoms with E-state index in [-0.39, 0.29) is 0 Å². The topological polar surface area (TPSA) is 16.1 Å². The lowest BCUT2D eigenvalue weighted by atomic mass is 9.89. The van der Waals surface area contributed by atoms with Crippen molar-refractivity contribution in [2.45, 2.75) is 19.0 Å². The van der Waals surface area contributed by atoms with E-state index in [1.54, 1.807) is 0 Å². The zero-order valence-electron chi connectivity index (χ0n) is 10.1. The van der Waals surface area contributed by atoms with Gasteiger partial charge >= 0.3 is 0 Å². The van der Waals surface area contributed by atoms with Gasteiger partial charge in [-0.25, -0.2) is 0 Å². The van der Waals surface area contributed by atoms with Crippen molar-refractivity contribution in [2.75, 3.05) is 0 Å². The molecule has 2 aromatic rings. The van der Waals surface area contributed by atoms with Gasteiger partial charge in [0.15, 0.2) is 0 Å². The van der Waals surface area contributed by atoms with Crippen molar-refractivity contribution in [2.24, 2.45) is 0 Å². The Labute approximate surface area is 107 Å². The summed E-state index contributed by atoms with van der Waals surface area (Å²) in [5.74, 6) is 0. The molecule has 0 radical (unpaired) electrons. The zero-order valence-corrected chi connectivity index (χ0v) is 10.1. The standard InChI is InChI=1S/C16H14N2/c1-2-5-14-11-18-9-7-12-6-3-8-17-16(12)15(18)10-13(14)4-1/h1-9,15H,10-11H2. The van der Waals surface area contributed by atoms with Gasteiger partial charge in [-0.15, -0.1) is 0 Å². The molecule has 2 aliphatic rings.